The molecule has 3 aromatic rings. The summed E-state index contributed by atoms with van der Waals surface area (Å²) in [7, 11) is 0. The molecule has 0 saturated carbocycles. The maximum Gasteiger partial charge on any atom is 0.308 e. The SMILES string of the molecule is CCCc1cc(Cl)c2oc(Cc3ccc(O)cc3)c(C)c2c1OC(C)=O. The molecule has 0 aliphatic carbocycles. The van der Waals surface area contributed by atoms with Crippen LogP contribution < -0.4 is 4.74 Å². The molecule has 0 fully saturated rings. The average molecular weight is 373 g/mol. The van der Waals surface area contributed by atoms with Crippen LogP contribution in [0.1, 0.15) is 42.7 Å². The van der Waals surface area contributed by atoms with E-state index in [2.05, 4.69) is 6.92 Å². The van der Waals surface area contributed by atoms with Crippen molar-refractivity contribution in [2.24, 2.45) is 0 Å². The van der Waals surface area contributed by atoms with Gasteiger partial charge in [0.25, 0.3) is 0 Å². The van der Waals surface area contributed by atoms with Crippen LogP contribution in [0.2, 0.25) is 5.02 Å². The maximum absolute atomic E-state index is 11.6. The number of ether oxygens (including phenoxy) is 1. The molecule has 0 spiro atoms. The van der Waals surface area contributed by atoms with Gasteiger partial charge in [0.1, 0.15) is 17.3 Å². The van der Waals surface area contributed by atoms with E-state index in [1.165, 1.54) is 6.92 Å². The number of halogens is 1. The van der Waals surface area contributed by atoms with Crippen molar-refractivity contribution in [3.05, 3.63) is 57.8 Å². The van der Waals surface area contributed by atoms with E-state index in [9.17, 15) is 9.90 Å². The van der Waals surface area contributed by atoms with E-state index in [0.29, 0.717) is 22.8 Å². The molecule has 136 valence electrons. The lowest BCUT2D eigenvalue weighted by Gasteiger charge is -2.11. The van der Waals surface area contributed by atoms with Gasteiger partial charge in [-0.1, -0.05) is 37.1 Å². The summed E-state index contributed by atoms with van der Waals surface area (Å²) >= 11 is 6.45. The lowest BCUT2D eigenvalue weighted by molar-refractivity contribution is -0.131. The lowest BCUT2D eigenvalue weighted by atomic mass is 10.0. The Labute approximate surface area is 157 Å². The highest BCUT2D eigenvalue weighted by Crippen LogP contribution is 2.41. The predicted molar refractivity (Wildman–Crippen MR) is 102 cm³/mol. The van der Waals surface area contributed by atoms with Gasteiger partial charge in [0.2, 0.25) is 0 Å². The van der Waals surface area contributed by atoms with Crippen LogP contribution in [0.3, 0.4) is 0 Å². The largest absolute Gasteiger partial charge is 0.508 e. The van der Waals surface area contributed by atoms with Gasteiger partial charge in [-0.2, -0.15) is 0 Å². The molecule has 2 aromatic carbocycles. The van der Waals surface area contributed by atoms with E-state index in [1.807, 2.05) is 25.1 Å². The van der Waals surface area contributed by atoms with Crippen molar-refractivity contribution >= 4 is 28.5 Å². The van der Waals surface area contributed by atoms with Crippen molar-refractivity contribution in [1.29, 1.82) is 0 Å². The van der Waals surface area contributed by atoms with Crippen molar-refractivity contribution < 1.29 is 19.1 Å². The molecule has 0 aliphatic rings. The summed E-state index contributed by atoms with van der Waals surface area (Å²) in [5.41, 5.74) is 3.35. The molecule has 0 aliphatic heterocycles. The Morgan fingerprint density at radius 3 is 2.58 bits per heavy atom. The number of carbonyl (C=O) groups is 1. The standard InChI is InChI=1S/C21H21ClO4/c1-4-5-15-11-17(22)21-19(20(15)25-13(3)23)12(2)18(26-21)10-14-6-8-16(24)9-7-14/h6-9,11,24H,4-5,10H2,1-3H3. The van der Waals surface area contributed by atoms with Crippen LogP contribution in [0.4, 0.5) is 0 Å². The average Bonchev–Trinajstić information content (AvgIpc) is 2.91. The molecule has 1 heterocycles. The summed E-state index contributed by atoms with van der Waals surface area (Å²) in [5.74, 6) is 1.15. The highest BCUT2D eigenvalue weighted by Gasteiger charge is 2.22. The molecule has 0 saturated heterocycles. The lowest BCUT2D eigenvalue weighted by Crippen LogP contribution is -2.05. The molecular weight excluding hydrogens is 352 g/mol. The zero-order valence-corrected chi connectivity index (χ0v) is 15.8. The molecule has 1 aromatic heterocycles. The first-order valence-electron chi connectivity index (χ1n) is 8.60. The number of carbonyl (C=O) groups excluding carboxylic acids is 1. The Bertz CT molecular complexity index is 955. The van der Waals surface area contributed by atoms with Crippen molar-refractivity contribution in [1.82, 2.24) is 0 Å². The van der Waals surface area contributed by atoms with Crippen molar-refractivity contribution in [2.45, 2.75) is 40.0 Å². The number of phenols is 1. The molecule has 0 radical (unpaired) electrons. The number of phenolic OH excluding ortho intramolecular Hbond substituents is 1. The van der Waals surface area contributed by atoms with Crippen molar-refractivity contribution in [2.75, 3.05) is 0 Å². The highest BCUT2D eigenvalue weighted by molar-refractivity contribution is 6.35. The number of hydrogen-bond donors (Lipinski definition) is 1. The summed E-state index contributed by atoms with van der Waals surface area (Å²) in [6.45, 7) is 5.40. The minimum atomic E-state index is -0.369. The van der Waals surface area contributed by atoms with Gasteiger partial charge in [-0.15, -0.1) is 0 Å². The Balaban J connectivity index is 2.15. The number of esters is 1. The Morgan fingerprint density at radius 1 is 1.27 bits per heavy atom. The van der Waals surface area contributed by atoms with Gasteiger partial charge in [0.15, 0.2) is 5.58 Å². The van der Waals surface area contributed by atoms with Crippen LogP contribution in [0.5, 0.6) is 11.5 Å². The molecular formula is C21H21ClO4. The fourth-order valence-electron chi connectivity index (χ4n) is 3.13. The minimum Gasteiger partial charge on any atom is -0.508 e. The maximum atomic E-state index is 11.6. The predicted octanol–water partition coefficient (Wildman–Crippen LogP) is 5.57. The van der Waals surface area contributed by atoms with E-state index < -0.39 is 0 Å². The quantitative estimate of drug-likeness (QED) is 0.470. The molecule has 0 atom stereocenters. The Hall–Kier alpha value is -2.46. The third-order valence-corrected chi connectivity index (χ3v) is 4.63. The summed E-state index contributed by atoms with van der Waals surface area (Å²) in [4.78, 5) is 11.6. The second-order valence-corrected chi connectivity index (χ2v) is 6.80. The van der Waals surface area contributed by atoms with E-state index in [0.717, 1.165) is 40.7 Å². The van der Waals surface area contributed by atoms with E-state index in [-0.39, 0.29) is 11.7 Å². The zero-order valence-electron chi connectivity index (χ0n) is 15.1. The summed E-state index contributed by atoms with van der Waals surface area (Å²) in [6, 6.07) is 8.80. The van der Waals surface area contributed by atoms with E-state index >= 15 is 0 Å². The molecule has 0 unspecified atom stereocenters. The second-order valence-electron chi connectivity index (χ2n) is 6.39. The molecule has 0 bridgehead atoms. The molecule has 3 rings (SSSR count). The Morgan fingerprint density at radius 2 is 1.96 bits per heavy atom. The van der Waals surface area contributed by atoms with Crippen LogP contribution in [-0.4, -0.2) is 11.1 Å². The van der Waals surface area contributed by atoms with E-state index in [1.54, 1.807) is 12.1 Å². The summed E-state index contributed by atoms with van der Waals surface area (Å²) < 4.78 is 11.6. The minimum absolute atomic E-state index is 0.222. The number of rotatable bonds is 5. The topological polar surface area (TPSA) is 59.7 Å². The first-order valence-corrected chi connectivity index (χ1v) is 8.98. The summed E-state index contributed by atoms with van der Waals surface area (Å²) in [6.07, 6.45) is 2.23. The number of furan rings is 1. The number of fused-ring (bicyclic) bond motifs is 1. The van der Waals surface area contributed by atoms with Crippen LogP contribution in [-0.2, 0) is 17.6 Å². The van der Waals surface area contributed by atoms with Crippen LogP contribution in [0, 0.1) is 6.92 Å². The van der Waals surface area contributed by atoms with Crippen LogP contribution in [0.25, 0.3) is 11.0 Å². The number of hydrogen-bond acceptors (Lipinski definition) is 4. The van der Waals surface area contributed by atoms with Gasteiger partial charge in [-0.05, 0) is 42.7 Å². The molecule has 26 heavy (non-hydrogen) atoms. The fourth-order valence-corrected chi connectivity index (χ4v) is 3.39. The zero-order chi connectivity index (χ0) is 18.8. The van der Waals surface area contributed by atoms with Gasteiger partial charge in [0.05, 0.1) is 10.4 Å². The van der Waals surface area contributed by atoms with Gasteiger partial charge < -0.3 is 14.3 Å². The van der Waals surface area contributed by atoms with Crippen LogP contribution >= 0.6 is 11.6 Å². The summed E-state index contributed by atoms with van der Waals surface area (Å²) in [5, 5.41) is 10.7. The fraction of sp³-hybridized carbons (Fsp3) is 0.286. The van der Waals surface area contributed by atoms with Crippen molar-refractivity contribution in [3.63, 3.8) is 0 Å². The Kier molecular flexibility index (Phi) is 5.23. The third kappa shape index (κ3) is 3.56. The first-order chi connectivity index (χ1) is 12.4. The van der Waals surface area contributed by atoms with Gasteiger partial charge in [-0.25, -0.2) is 0 Å². The number of benzene rings is 2. The van der Waals surface area contributed by atoms with Gasteiger partial charge >= 0.3 is 5.97 Å². The molecule has 1 N–H and O–H groups in total. The number of aromatic hydroxyl groups is 1. The second kappa shape index (κ2) is 7.42. The normalized spacial score (nSPS) is 11.1. The first kappa shape index (κ1) is 18.3. The molecule has 0 amide bonds. The highest BCUT2D eigenvalue weighted by atomic mass is 35.5. The molecule has 4 nitrogen and oxygen atoms in total. The third-order valence-electron chi connectivity index (χ3n) is 4.35. The number of aryl methyl sites for hydroxylation is 2. The van der Waals surface area contributed by atoms with Gasteiger partial charge in [-0.3, -0.25) is 4.79 Å². The van der Waals surface area contributed by atoms with E-state index in [4.69, 9.17) is 20.8 Å². The van der Waals surface area contributed by atoms with Gasteiger partial charge in [0, 0.05) is 18.9 Å². The van der Waals surface area contributed by atoms with Crippen LogP contribution in [0.15, 0.2) is 34.7 Å². The molecule has 5 heteroatoms. The smallest absolute Gasteiger partial charge is 0.308 e. The van der Waals surface area contributed by atoms with Crippen molar-refractivity contribution in [3.8, 4) is 11.5 Å². The monoisotopic (exact) mass is 372 g/mol.